The zero-order chi connectivity index (χ0) is 27.1. The number of benzene rings is 1. The van der Waals surface area contributed by atoms with E-state index < -0.39 is 35.1 Å². The second-order valence-corrected chi connectivity index (χ2v) is 8.14. The van der Waals surface area contributed by atoms with Gasteiger partial charge in [-0.05, 0) is 24.6 Å². The molecule has 0 bridgehead atoms. The van der Waals surface area contributed by atoms with Gasteiger partial charge in [0.1, 0.15) is 5.70 Å². The van der Waals surface area contributed by atoms with Crippen molar-refractivity contribution in [1.29, 1.82) is 0 Å². The molecule has 0 aromatic heterocycles. The molecule has 1 aromatic carbocycles. The van der Waals surface area contributed by atoms with E-state index in [4.69, 9.17) is 17.2 Å². The Balaban J connectivity index is 1.82. The molecule has 3 rings (SSSR count). The average Bonchev–Trinajstić information content (AvgIpc) is 3.16. The van der Waals surface area contributed by atoms with Crippen molar-refractivity contribution in [1.82, 2.24) is 9.80 Å². The van der Waals surface area contributed by atoms with Crippen molar-refractivity contribution >= 4 is 23.5 Å². The smallest absolute Gasteiger partial charge is 0.391 e. The first-order chi connectivity index (χ1) is 16.6. The van der Waals surface area contributed by atoms with E-state index in [-0.39, 0.29) is 29.4 Å². The Labute approximate surface area is 202 Å². The maximum absolute atomic E-state index is 13.5. The van der Waals surface area contributed by atoms with E-state index in [1.807, 2.05) is 0 Å². The molecule has 36 heavy (non-hydrogen) atoms. The molecule has 2 fully saturated rings. The number of anilines is 1. The highest BCUT2D eigenvalue weighted by molar-refractivity contribution is 5.93. The minimum Gasteiger partial charge on any atom is -0.391 e. The molecule has 0 radical (unpaired) electrons. The molecule has 0 saturated carbocycles. The molecule has 2 amide bonds. The van der Waals surface area contributed by atoms with Crippen LogP contribution in [0.2, 0.25) is 0 Å². The zero-order valence-electron chi connectivity index (χ0n) is 19.0. The number of amides is 2. The van der Waals surface area contributed by atoms with Gasteiger partial charge >= 0.3 is 12.3 Å². The van der Waals surface area contributed by atoms with Crippen LogP contribution in [0.1, 0.15) is 12.0 Å². The van der Waals surface area contributed by atoms with Crippen molar-refractivity contribution in [3.05, 3.63) is 54.0 Å². The van der Waals surface area contributed by atoms with Gasteiger partial charge in [0.05, 0.1) is 6.04 Å². The fourth-order valence-electron chi connectivity index (χ4n) is 3.75. The molecule has 2 aliphatic heterocycles. The van der Waals surface area contributed by atoms with E-state index in [0.717, 1.165) is 24.3 Å². The van der Waals surface area contributed by atoms with Crippen LogP contribution in [0.15, 0.2) is 53.4 Å². The molecule has 1 aromatic rings. The van der Waals surface area contributed by atoms with Gasteiger partial charge in [-0.2, -0.15) is 26.9 Å². The summed E-state index contributed by atoms with van der Waals surface area (Å²) in [5, 5.41) is 2.60. The first kappa shape index (κ1) is 26.7. The zero-order valence-corrected chi connectivity index (χ0v) is 19.0. The van der Waals surface area contributed by atoms with E-state index in [1.54, 1.807) is 16.8 Å². The van der Waals surface area contributed by atoms with Crippen molar-refractivity contribution in [2.24, 2.45) is 22.2 Å². The molecule has 2 unspecified atom stereocenters. The summed E-state index contributed by atoms with van der Waals surface area (Å²) in [4.78, 5) is 30.7. The number of ether oxygens (including phenoxy) is 1. The van der Waals surface area contributed by atoms with E-state index >= 15 is 0 Å². The summed E-state index contributed by atoms with van der Waals surface area (Å²) in [6, 6.07) is 3.45. The molecule has 2 atom stereocenters. The van der Waals surface area contributed by atoms with Crippen LogP contribution in [0.5, 0.6) is 0 Å². The number of aliphatic imine (C=N–C) groups is 1. The number of likely N-dealkylation sites (N-methyl/N-ethyl adjacent to an activating group) is 1. The van der Waals surface area contributed by atoms with Crippen molar-refractivity contribution < 1.29 is 36.3 Å². The minimum atomic E-state index is -5.36. The van der Waals surface area contributed by atoms with Gasteiger partial charge in [0.15, 0.2) is 11.8 Å². The largest absolute Gasteiger partial charge is 0.430 e. The lowest BCUT2D eigenvalue weighted by Crippen LogP contribution is -2.44. The molecular weight excluding hydrogens is 493 g/mol. The molecule has 196 valence electrons. The number of epoxide rings is 1. The van der Waals surface area contributed by atoms with Crippen LogP contribution in [0, 0.1) is 0 Å². The summed E-state index contributed by atoms with van der Waals surface area (Å²) >= 11 is 0. The fraction of sp³-hybridized carbons (Fsp3) is 0.381. The fourth-order valence-corrected chi connectivity index (χ4v) is 3.75. The Morgan fingerprint density at radius 2 is 1.83 bits per heavy atom. The number of hydrogen-bond donors (Lipinski definition) is 4. The van der Waals surface area contributed by atoms with Crippen LogP contribution in [-0.2, 0) is 19.9 Å². The Hall–Kier alpha value is -3.88. The lowest BCUT2D eigenvalue weighted by Gasteiger charge is -2.26. The van der Waals surface area contributed by atoms with Crippen molar-refractivity contribution in [2.45, 2.75) is 30.3 Å². The number of rotatable bonds is 7. The normalized spacial score (nSPS) is 24.1. The molecule has 2 heterocycles. The van der Waals surface area contributed by atoms with Crippen LogP contribution in [0.3, 0.4) is 0 Å². The standard InChI is InChI=1S/C21H24F5N7O3/c1-3-14(34)33-9-8-13(10-33)32(2)18(29)31-17(15(27)16(28)35)30-12-6-4-11(5-7-12)19(20(22,23)24)21(25,26)36-19/h3-7,13,30H,1,8-10,27H2,2H3,(H2,28,35)(H2,29,31)/b17-15-. The number of alkyl halides is 5. The topological polar surface area (TPSA) is 156 Å². The number of nitrogens with one attached hydrogen (secondary N) is 1. The molecule has 10 nitrogen and oxygen atoms in total. The van der Waals surface area contributed by atoms with Crippen LogP contribution in [0.4, 0.5) is 27.6 Å². The van der Waals surface area contributed by atoms with Gasteiger partial charge in [-0.1, -0.05) is 18.7 Å². The van der Waals surface area contributed by atoms with Crippen molar-refractivity contribution in [3.63, 3.8) is 0 Å². The monoisotopic (exact) mass is 517 g/mol. The lowest BCUT2D eigenvalue weighted by atomic mass is 9.97. The maximum atomic E-state index is 13.5. The predicted octanol–water partition coefficient (Wildman–Crippen LogP) is 1.13. The molecular formula is C21H24F5N7O3. The molecule has 0 aliphatic carbocycles. The summed E-state index contributed by atoms with van der Waals surface area (Å²) in [6.07, 6.45) is -8.00. The van der Waals surface area contributed by atoms with E-state index in [9.17, 15) is 31.5 Å². The molecule has 7 N–H and O–H groups in total. The van der Waals surface area contributed by atoms with Gasteiger partial charge in [0, 0.05) is 31.4 Å². The highest BCUT2D eigenvalue weighted by Crippen LogP contribution is 2.65. The Morgan fingerprint density at radius 1 is 1.25 bits per heavy atom. The summed E-state index contributed by atoms with van der Waals surface area (Å²) < 4.78 is 70.5. The maximum Gasteiger partial charge on any atom is 0.430 e. The average molecular weight is 517 g/mol. The number of carbonyl (C=O) groups is 2. The van der Waals surface area contributed by atoms with Crippen LogP contribution >= 0.6 is 0 Å². The third-order valence-electron chi connectivity index (χ3n) is 5.91. The summed E-state index contributed by atoms with van der Waals surface area (Å²) in [5.74, 6) is -1.75. The van der Waals surface area contributed by atoms with Gasteiger partial charge in [-0.15, -0.1) is 0 Å². The Kier molecular flexibility index (Phi) is 6.90. The van der Waals surface area contributed by atoms with Crippen molar-refractivity contribution in [2.75, 3.05) is 25.5 Å². The quantitative estimate of drug-likeness (QED) is 0.139. The first-order valence-corrected chi connectivity index (χ1v) is 10.4. The highest BCUT2D eigenvalue weighted by atomic mass is 19.4. The number of likely N-dealkylation sites (tertiary alicyclic amines) is 1. The SMILES string of the molecule is C=CC(=O)N1CCC(N(C)/C(N)=N/C(Nc2ccc(C3(C(F)(F)F)OC3(F)F)cc2)=C(\N)C(N)=O)C1. The minimum absolute atomic E-state index is 0.0436. The number of primary amides is 1. The van der Waals surface area contributed by atoms with E-state index in [2.05, 4.69) is 21.6 Å². The Morgan fingerprint density at radius 3 is 2.31 bits per heavy atom. The number of nitrogens with two attached hydrogens (primary N) is 3. The summed E-state index contributed by atoms with van der Waals surface area (Å²) in [6.45, 7) is 4.24. The van der Waals surface area contributed by atoms with Crippen LogP contribution in [-0.4, -0.2) is 66.0 Å². The van der Waals surface area contributed by atoms with Crippen molar-refractivity contribution in [3.8, 4) is 0 Å². The highest BCUT2D eigenvalue weighted by Gasteiger charge is 2.88. The summed E-state index contributed by atoms with van der Waals surface area (Å²) in [5.41, 5.74) is 12.0. The van der Waals surface area contributed by atoms with Gasteiger partial charge in [-0.3, -0.25) is 14.3 Å². The second kappa shape index (κ2) is 9.29. The Bertz CT molecular complexity index is 1120. The van der Waals surface area contributed by atoms with Gasteiger partial charge in [0.2, 0.25) is 5.91 Å². The third-order valence-corrected chi connectivity index (χ3v) is 5.91. The first-order valence-electron chi connectivity index (χ1n) is 10.4. The van der Waals surface area contributed by atoms with Gasteiger partial charge < -0.3 is 32.3 Å². The van der Waals surface area contributed by atoms with Gasteiger partial charge in [0.25, 0.3) is 11.5 Å². The third kappa shape index (κ3) is 4.78. The second-order valence-electron chi connectivity index (χ2n) is 8.14. The lowest BCUT2D eigenvalue weighted by molar-refractivity contribution is -0.193. The van der Waals surface area contributed by atoms with E-state index in [1.165, 1.54) is 6.08 Å². The summed E-state index contributed by atoms with van der Waals surface area (Å²) in [7, 11) is 1.60. The van der Waals surface area contributed by atoms with Crippen LogP contribution < -0.4 is 22.5 Å². The number of nitrogens with zero attached hydrogens (tertiary/aromatic N) is 3. The molecule has 15 heteroatoms. The number of carbonyl (C=O) groups excluding carboxylic acids is 2. The number of hydrogen-bond acceptors (Lipinski definition) is 6. The predicted molar refractivity (Wildman–Crippen MR) is 119 cm³/mol. The molecule has 2 aliphatic rings. The van der Waals surface area contributed by atoms with Crippen LogP contribution in [0.25, 0.3) is 0 Å². The molecule has 0 spiro atoms. The molecule has 2 saturated heterocycles. The number of guanidine groups is 1. The van der Waals surface area contributed by atoms with E-state index in [0.29, 0.717) is 19.5 Å². The van der Waals surface area contributed by atoms with Gasteiger partial charge in [-0.25, -0.2) is 0 Å². The number of halogens is 5.